The topological polar surface area (TPSA) is 72.3 Å². The predicted octanol–water partition coefficient (Wildman–Crippen LogP) is 4.83. The third-order valence-corrected chi connectivity index (χ3v) is 6.77. The number of anilines is 1. The van der Waals surface area contributed by atoms with E-state index in [2.05, 4.69) is 27.3 Å². The van der Waals surface area contributed by atoms with Crippen LogP contribution in [0.1, 0.15) is 38.1 Å². The van der Waals surface area contributed by atoms with Crippen LogP contribution in [0.25, 0.3) is 5.69 Å². The average Bonchev–Trinajstić information content (AvgIpc) is 3.29. The Morgan fingerprint density at radius 3 is 2.50 bits per heavy atom. The number of carbonyl (C=O) groups excluding carboxylic acids is 1. The SMILES string of the molecule is COc1ccc(-n2c(SCC(=O)Nc3ccc(F)c(F)c3)nnc2[C@H](C)N2CCCCC2)cc1. The summed E-state index contributed by atoms with van der Waals surface area (Å²) in [4.78, 5) is 14.9. The minimum atomic E-state index is -1.01. The molecule has 1 aliphatic heterocycles. The Hall–Kier alpha value is -2.98. The van der Waals surface area contributed by atoms with Crippen molar-refractivity contribution in [1.29, 1.82) is 0 Å². The Morgan fingerprint density at radius 2 is 1.82 bits per heavy atom. The molecule has 2 heterocycles. The van der Waals surface area contributed by atoms with Crippen molar-refractivity contribution < 1.29 is 18.3 Å². The zero-order valence-electron chi connectivity index (χ0n) is 19.1. The second-order valence-electron chi connectivity index (χ2n) is 8.11. The maximum Gasteiger partial charge on any atom is 0.234 e. The van der Waals surface area contributed by atoms with Crippen LogP contribution in [0.3, 0.4) is 0 Å². The molecule has 0 radical (unpaired) electrons. The fraction of sp³-hybridized carbons (Fsp3) is 0.375. The standard InChI is InChI=1S/C24H27F2N5O2S/c1-16(30-12-4-3-5-13-30)23-28-29-24(31(23)18-7-9-19(33-2)10-8-18)34-15-22(32)27-17-6-11-20(25)21(26)14-17/h6-11,14,16H,3-5,12-13,15H2,1-2H3,(H,27,32)/t16-/m0/s1. The van der Waals surface area contributed by atoms with Crippen LogP contribution >= 0.6 is 11.8 Å². The Bertz CT molecular complexity index is 1130. The van der Waals surface area contributed by atoms with Crippen LogP contribution in [0.4, 0.5) is 14.5 Å². The molecule has 1 N–H and O–H groups in total. The van der Waals surface area contributed by atoms with E-state index < -0.39 is 11.6 Å². The molecule has 10 heteroatoms. The largest absolute Gasteiger partial charge is 0.497 e. The quantitative estimate of drug-likeness (QED) is 0.459. The molecule has 0 unspecified atom stereocenters. The number of aromatic nitrogens is 3. The van der Waals surface area contributed by atoms with Crippen LogP contribution in [-0.2, 0) is 4.79 Å². The maximum absolute atomic E-state index is 13.4. The number of piperidine rings is 1. The minimum absolute atomic E-state index is 0.0331. The highest BCUT2D eigenvalue weighted by Crippen LogP contribution is 2.30. The number of nitrogens with one attached hydrogen (secondary N) is 1. The molecule has 4 rings (SSSR count). The van der Waals surface area contributed by atoms with Gasteiger partial charge >= 0.3 is 0 Å². The van der Waals surface area contributed by atoms with Crippen LogP contribution in [0.2, 0.25) is 0 Å². The summed E-state index contributed by atoms with van der Waals surface area (Å²) < 4.78 is 33.8. The molecule has 1 fully saturated rings. The molecule has 1 aliphatic rings. The molecule has 0 spiro atoms. The van der Waals surface area contributed by atoms with Crippen LogP contribution in [0.5, 0.6) is 5.75 Å². The number of amides is 1. The summed E-state index contributed by atoms with van der Waals surface area (Å²) in [6.07, 6.45) is 3.56. The number of likely N-dealkylation sites (tertiary alicyclic amines) is 1. The lowest BCUT2D eigenvalue weighted by molar-refractivity contribution is -0.113. The van der Waals surface area contributed by atoms with E-state index in [9.17, 15) is 13.6 Å². The van der Waals surface area contributed by atoms with E-state index in [4.69, 9.17) is 4.74 Å². The molecule has 1 aromatic heterocycles. The van der Waals surface area contributed by atoms with Crippen LogP contribution in [0.15, 0.2) is 47.6 Å². The third kappa shape index (κ3) is 5.56. The predicted molar refractivity (Wildman–Crippen MR) is 127 cm³/mol. The molecular weight excluding hydrogens is 460 g/mol. The van der Waals surface area contributed by atoms with E-state index in [0.717, 1.165) is 55.3 Å². The van der Waals surface area contributed by atoms with Crippen molar-refractivity contribution in [2.75, 3.05) is 31.3 Å². The molecule has 0 aliphatic carbocycles. The van der Waals surface area contributed by atoms with E-state index in [1.54, 1.807) is 7.11 Å². The Kier molecular flexibility index (Phi) is 7.79. The van der Waals surface area contributed by atoms with Crippen molar-refractivity contribution >= 4 is 23.4 Å². The third-order valence-electron chi connectivity index (χ3n) is 5.84. The van der Waals surface area contributed by atoms with Crippen LogP contribution < -0.4 is 10.1 Å². The number of halogens is 2. The van der Waals surface area contributed by atoms with Gasteiger partial charge in [0.05, 0.1) is 18.9 Å². The highest BCUT2D eigenvalue weighted by atomic mass is 32.2. The van der Waals surface area contributed by atoms with Gasteiger partial charge in [-0.05, 0) is 69.3 Å². The van der Waals surface area contributed by atoms with Gasteiger partial charge in [0.25, 0.3) is 0 Å². The molecule has 1 atom stereocenters. The smallest absolute Gasteiger partial charge is 0.234 e. The molecule has 34 heavy (non-hydrogen) atoms. The van der Waals surface area contributed by atoms with Crippen molar-refractivity contribution in [1.82, 2.24) is 19.7 Å². The molecule has 180 valence electrons. The summed E-state index contributed by atoms with van der Waals surface area (Å²) in [6.45, 7) is 4.14. The van der Waals surface area contributed by atoms with Gasteiger partial charge in [0.2, 0.25) is 5.91 Å². The summed E-state index contributed by atoms with van der Waals surface area (Å²) in [5.41, 5.74) is 1.06. The first kappa shape index (κ1) is 24.2. The van der Waals surface area contributed by atoms with Gasteiger partial charge in [-0.25, -0.2) is 8.78 Å². The lowest BCUT2D eigenvalue weighted by Crippen LogP contribution is -2.33. The van der Waals surface area contributed by atoms with Gasteiger partial charge < -0.3 is 10.1 Å². The number of carbonyl (C=O) groups is 1. The lowest BCUT2D eigenvalue weighted by atomic mass is 10.1. The summed E-state index contributed by atoms with van der Waals surface area (Å²) in [5, 5.41) is 12.0. The van der Waals surface area contributed by atoms with Gasteiger partial charge in [-0.3, -0.25) is 14.3 Å². The van der Waals surface area contributed by atoms with E-state index in [1.807, 2.05) is 28.8 Å². The minimum Gasteiger partial charge on any atom is -0.497 e. The molecular formula is C24H27F2N5O2S. The second kappa shape index (κ2) is 11.0. The Labute approximate surface area is 201 Å². The van der Waals surface area contributed by atoms with Gasteiger partial charge in [-0.2, -0.15) is 0 Å². The first-order chi connectivity index (χ1) is 16.5. The first-order valence-corrected chi connectivity index (χ1v) is 12.2. The normalized spacial score (nSPS) is 15.2. The van der Waals surface area contributed by atoms with Gasteiger partial charge in [0.1, 0.15) is 5.75 Å². The summed E-state index contributed by atoms with van der Waals surface area (Å²) in [7, 11) is 1.62. The van der Waals surface area contributed by atoms with Gasteiger partial charge in [0.15, 0.2) is 22.6 Å². The first-order valence-electron chi connectivity index (χ1n) is 11.2. The molecule has 0 bridgehead atoms. The zero-order chi connectivity index (χ0) is 24.1. The molecule has 0 saturated carbocycles. The zero-order valence-corrected chi connectivity index (χ0v) is 19.9. The Morgan fingerprint density at radius 1 is 1.09 bits per heavy atom. The van der Waals surface area contributed by atoms with Crippen molar-refractivity contribution in [3.63, 3.8) is 0 Å². The number of rotatable bonds is 8. The summed E-state index contributed by atoms with van der Waals surface area (Å²) in [6, 6.07) is 10.9. The van der Waals surface area contributed by atoms with Gasteiger partial charge in [0, 0.05) is 17.4 Å². The molecule has 3 aromatic rings. The average molecular weight is 488 g/mol. The number of nitrogens with zero attached hydrogens (tertiary/aromatic N) is 4. The van der Waals surface area contributed by atoms with Gasteiger partial charge in [-0.1, -0.05) is 18.2 Å². The monoisotopic (exact) mass is 487 g/mol. The molecule has 7 nitrogen and oxygen atoms in total. The van der Waals surface area contributed by atoms with Crippen molar-refractivity contribution in [3.8, 4) is 11.4 Å². The van der Waals surface area contributed by atoms with Crippen molar-refractivity contribution in [2.24, 2.45) is 0 Å². The summed E-state index contributed by atoms with van der Waals surface area (Å²) >= 11 is 1.23. The van der Waals surface area contributed by atoms with E-state index in [-0.39, 0.29) is 23.4 Å². The number of ether oxygens (including phenoxy) is 1. The highest BCUT2D eigenvalue weighted by molar-refractivity contribution is 7.99. The number of thioether (sulfide) groups is 1. The van der Waals surface area contributed by atoms with Gasteiger partial charge in [-0.15, -0.1) is 10.2 Å². The maximum atomic E-state index is 13.4. The van der Waals surface area contributed by atoms with E-state index >= 15 is 0 Å². The molecule has 2 aromatic carbocycles. The number of hydrogen-bond acceptors (Lipinski definition) is 6. The number of methoxy groups -OCH3 is 1. The Balaban J connectivity index is 1.55. The van der Waals surface area contributed by atoms with Crippen LogP contribution in [-0.4, -0.2) is 51.5 Å². The van der Waals surface area contributed by atoms with E-state index in [0.29, 0.717) is 5.16 Å². The van der Waals surface area contributed by atoms with E-state index in [1.165, 1.54) is 24.2 Å². The lowest BCUT2D eigenvalue weighted by Gasteiger charge is -2.31. The fourth-order valence-corrected chi connectivity index (χ4v) is 4.75. The van der Waals surface area contributed by atoms with Crippen molar-refractivity contribution in [3.05, 3.63) is 59.9 Å². The molecule has 1 amide bonds. The van der Waals surface area contributed by atoms with Crippen molar-refractivity contribution in [2.45, 2.75) is 37.4 Å². The highest BCUT2D eigenvalue weighted by Gasteiger charge is 2.26. The number of benzene rings is 2. The second-order valence-corrected chi connectivity index (χ2v) is 9.06. The number of hydrogen-bond donors (Lipinski definition) is 1. The fourth-order valence-electron chi connectivity index (χ4n) is 3.99. The summed E-state index contributed by atoms with van der Waals surface area (Å²) in [5.74, 6) is -0.758. The molecule has 1 saturated heterocycles. The van der Waals surface area contributed by atoms with Crippen LogP contribution in [0, 0.1) is 11.6 Å².